The van der Waals surface area contributed by atoms with Crippen LogP contribution in [0.1, 0.15) is 69.2 Å². The molecule has 54 heavy (non-hydrogen) atoms. The van der Waals surface area contributed by atoms with Gasteiger partial charge in [-0.15, -0.1) is 0 Å². The van der Waals surface area contributed by atoms with Crippen LogP contribution in [0, 0.1) is 11.8 Å². The third kappa shape index (κ3) is 7.94. The molecular formula is C40H50N8O6. The lowest BCUT2D eigenvalue weighted by Gasteiger charge is -2.31. The van der Waals surface area contributed by atoms with Crippen molar-refractivity contribution in [2.75, 3.05) is 11.5 Å². The maximum absolute atomic E-state index is 11.6. The normalized spacial score (nSPS) is 22.1. The number of hydrogen-bond acceptors (Lipinski definition) is 12. The first-order chi connectivity index (χ1) is 26.1. The minimum Gasteiger partial charge on any atom is -0.393 e. The fourth-order valence-electron chi connectivity index (χ4n) is 7.12. The molecule has 2 unspecified atom stereocenters. The van der Waals surface area contributed by atoms with Gasteiger partial charge >= 0.3 is 0 Å². The van der Waals surface area contributed by atoms with Crippen molar-refractivity contribution in [2.24, 2.45) is 11.8 Å². The second-order valence-corrected chi connectivity index (χ2v) is 13.7. The Balaban J connectivity index is 0.000000184. The van der Waals surface area contributed by atoms with E-state index in [0.29, 0.717) is 53.7 Å². The SMILES string of the molecule is CC[C@@H](O)[C@@H](C)[C@@H](OCc1ccccc1)C(O)c1ccc2c(N)ncnn12.CC[C@H]1OC(O)(c2ccc3c(N)ncnn23)[C@H](OCc2ccccc2)[C@@H]1C. The summed E-state index contributed by atoms with van der Waals surface area (Å²) in [6, 6.07) is 26.7. The van der Waals surface area contributed by atoms with Crippen molar-refractivity contribution in [3.05, 3.63) is 120 Å². The van der Waals surface area contributed by atoms with Gasteiger partial charge in [0.25, 0.3) is 0 Å². The van der Waals surface area contributed by atoms with E-state index in [2.05, 4.69) is 20.2 Å². The number of anilines is 2. The van der Waals surface area contributed by atoms with E-state index in [1.54, 1.807) is 33.3 Å². The molecular weight excluding hydrogens is 688 g/mol. The van der Waals surface area contributed by atoms with Crippen LogP contribution in [0.15, 0.2) is 97.6 Å². The summed E-state index contributed by atoms with van der Waals surface area (Å²) in [5.41, 5.74) is 16.1. The van der Waals surface area contributed by atoms with Crippen molar-refractivity contribution in [1.29, 1.82) is 0 Å². The van der Waals surface area contributed by atoms with Gasteiger partial charge in [-0.1, -0.05) is 88.4 Å². The highest BCUT2D eigenvalue weighted by Gasteiger charge is 2.55. The Morgan fingerprint density at radius 2 is 1.39 bits per heavy atom. The molecule has 1 fully saturated rings. The van der Waals surface area contributed by atoms with Crippen molar-refractivity contribution in [3.8, 4) is 0 Å². The number of benzene rings is 2. The van der Waals surface area contributed by atoms with Crippen LogP contribution in [0.2, 0.25) is 0 Å². The van der Waals surface area contributed by atoms with E-state index in [1.807, 2.05) is 88.4 Å². The van der Waals surface area contributed by atoms with E-state index >= 15 is 0 Å². The number of nitrogen functional groups attached to an aromatic ring is 2. The number of nitrogens with zero attached hydrogens (tertiary/aromatic N) is 6. The first kappa shape index (κ1) is 38.8. The van der Waals surface area contributed by atoms with Crippen molar-refractivity contribution in [3.63, 3.8) is 0 Å². The molecule has 0 saturated carbocycles. The van der Waals surface area contributed by atoms with Crippen LogP contribution < -0.4 is 11.5 Å². The van der Waals surface area contributed by atoms with Crippen molar-refractivity contribution < 1.29 is 29.5 Å². The lowest BCUT2D eigenvalue weighted by Crippen LogP contribution is -2.41. The molecule has 0 radical (unpaired) electrons. The smallest absolute Gasteiger partial charge is 0.237 e. The summed E-state index contributed by atoms with van der Waals surface area (Å²) in [5, 5.41) is 41.5. The Hall–Kier alpha value is -4.96. The van der Waals surface area contributed by atoms with Crippen LogP contribution >= 0.6 is 0 Å². The predicted molar refractivity (Wildman–Crippen MR) is 203 cm³/mol. The van der Waals surface area contributed by atoms with E-state index in [-0.39, 0.29) is 17.9 Å². The minimum atomic E-state index is -1.62. The van der Waals surface area contributed by atoms with E-state index in [0.717, 1.165) is 17.5 Å². The zero-order chi connectivity index (χ0) is 38.4. The molecule has 1 saturated heterocycles. The molecule has 1 aliphatic heterocycles. The maximum atomic E-state index is 11.6. The zero-order valence-corrected chi connectivity index (χ0v) is 31.0. The van der Waals surface area contributed by atoms with Gasteiger partial charge in [0.2, 0.25) is 5.79 Å². The van der Waals surface area contributed by atoms with Crippen molar-refractivity contribution in [2.45, 2.75) is 90.1 Å². The number of aliphatic hydroxyl groups excluding tert-OH is 2. The molecule has 0 amide bonds. The Bertz CT molecular complexity index is 2100. The number of rotatable bonds is 13. The fourth-order valence-corrected chi connectivity index (χ4v) is 7.12. The van der Waals surface area contributed by atoms with Gasteiger partial charge in [0.1, 0.15) is 41.6 Å². The largest absolute Gasteiger partial charge is 0.393 e. The fraction of sp³-hybridized carbons (Fsp3) is 0.400. The zero-order valence-electron chi connectivity index (χ0n) is 31.0. The topological polar surface area (TPSA) is 201 Å². The Morgan fingerprint density at radius 3 is 2.00 bits per heavy atom. The van der Waals surface area contributed by atoms with Crippen LogP contribution in [0.4, 0.5) is 11.6 Å². The van der Waals surface area contributed by atoms with Gasteiger partial charge < -0.3 is 41.0 Å². The van der Waals surface area contributed by atoms with E-state index < -0.39 is 30.2 Å². The Morgan fingerprint density at radius 1 is 0.815 bits per heavy atom. The van der Waals surface area contributed by atoms with Gasteiger partial charge in [-0.3, -0.25) is 0 Å². The summed E-state index contributed by atoms with van der Waals surface area (Å²) in [6.07, 6.45) is 1.20. The molecule has 8 atom stereocenters. The van der Waals surface area contributed by atoms with Crippen LogP contribution in [0.5, 0.6) is 0 Å². The van der Waals surface area contributed by atoms with Crippen molar-refractivity contribution in [1.82, 2.24) is 29.2 Å². The quantitative estimate of drug-likeness (QED) is 0.108. The molecule has 4 aromatic heterocycles. The lowest BCUT2D eigenvalue weighted by molar-refractivity contribution is -0.251. The van der Waals surface area contributed by atoms with E-state index in [4.69, 9.17) is 25.7 Å². The van der Waals surface area contributed by atoms with Gasteiger partial charge in [-0.25, -0.2) is 19.0 Å². The van der Waals surface area contributed by atoms with Crippen LogP contribution in [0.25, 0.3) is 11.0 Å². The van der Waals surface area contributed by atoms with Crippen LogP contribution in [0.3, 0.4) is 0 Å². The molecule has 5 heterocycles. The molecule has 14 nitrogen and oxygen atoms in total. The Kier molecular flexibility index (Phi) is 12.2. The summed E-state index contributed by atoms with van der Waals surface area (Å²) >= 11 is 0. The molecule has 7 N–H and O–H groups in total. The third-order valence-electron chi connectivity index (χ3n) is 10.3. The average Bonchev–Trinajstić information content (AvgIpc) is 3.90. The van der Waals surface area contributed by atoms with Crippen molar-refractivity contribution >= 4 is 22.7 Å². The maximum Gasteiger partial charge on any atom is 0.237 e. The molecule has 286 valence electrons. The Labute approximate surface area is 314 Å². The monoisotopic (exact) mass is 738 g/mol. The first-order valence-electron chi connectivity index (χ1n) is 18.3. The van der Waals surface area contributed by atoms with Gasteiger partial charge in [0.05, 0.1) is 37.2 Å². The number of ether oxygens (including phenoxy) is 3. The molecule has 6 aromatic rings. The number of nitrogens with two attached hydrogens (primary N) is 2. The predicted octanol–water partition coefficient (Wildman–Crippen LogP) is 4.82. The van der Waals surface area contributed by atoms with Gasteiger partial charge in [-0.05, 0) is 48.2 Å². The molecule has 14 heteroatoms. The summed E-state index contributed by atoms with van der Waals surface area (Å²) in [5.74, 6) is -1.21. The second kappa shape index (κ2) is 17.0. The standard InChI is InChI=1S/C20H24N4O3.C20H26N4O3/c1-3-16-13(2)18(26-11-14-7-5-4-6-8-14)20(25,27-16)17-10-9-15-19(21)22-12-23-24(15)17;1-3-17(25)13(2)19(27-11-14-7-5-4-6-8-14)18(26)15-9-10-16-20(21)22-12-23-24(15)16/h4-10,12-13,16,18,25H,3,11H2,1-2H3,(H2,21,22,23);4-10,12-13,17-19,25-26H,3,11H2,1-2H3,(H2,21,22,23)/t13-,16-,18-,20?;13-,17-,18?,19-/m11/s1. The molecule has 0 bridgehead atoms. The molecule has 0 aliphatic carbocycles. The van der Waals surface area contributed by atoms with Crippen LogP contribution in [-0.2, 0) is 33.2 Å². The number of aromatic nitrogens is 6. The summed E-state index contributed by atoms with van der Waals surface area (Å²) < 4.78 is 21.5. The van der Waals surface area contributed by atoms with Gasteiger partial charge in [-0.2, -0.15) is 10.2 Å². The van der Waals surface area contributed by atoms with Crippen LogP contribution in [-0.4, -0.2) is 68.9 Å². The summed E-state index contributed by atoms with van der Waals surface area (Å²) in [7, 11) is 0. The lowest BCUT2D eigenvalue weighted by atomic mass is 9.91. The molecule has 7 rings (SSSR count). The molecule has 0 spiro atoms. The highest BCUT2D eigenvalue weighted by Crippen LogP contribution is 2.44. The summed E-state index contributed by atoms with van der Waals surface area (Å²) in [6.45, 7) is 8.59. The third-order valence-corrected chi connectivity index (χ3v) is 10.3. The molecule has 1 aliphatic rings. The average molecular weight is 739 g/mol. The minimum absolute atomic E-state index is 0.00782. The highest BCUT2D eigenvalue weighted by atomic mass is 16.7. The van der Waals surface area contributed by atoms with Gasteiger partial charge in [0, 0.05) is 11.8 Å². The van der Waals surface area contributed by atoms with E-state index in [9.17, 15) is 15.3 Å². The van der Waals surface area contributed by atoms with Gasteiger partial charge in [0.15, 0.2) is 11.6 Å². The number of fused-ring (bicyclic) bond motifs is 2. The molecule has 2 aromatic carbocycles. The second-order valence-electron chi connectivity index (χ2n) is 13.7. The summed E-state index contributed by atoms with van der Waals surface area (Å²) in [4.78, 5) is 7.97. The van der Waals surface area contributed by atoms with E-state index in [1.165, 1.54) is 12.7 Å². The number of aliphatic hydroxyl groups is 3. The number of hydrogen-bond donors (Lipinski definition) is 5. The highest BCUT2D eigenvalue weighted by molar-refractivity contribution is 5.66. The first-order valence-corrected chi connectivity index (χ1v) is 18.3.